The molecule has 0 radical (unpaired) electrons. The van der Waals surface area contributed by atoms with Crippen molar-refractivity contribution in [3.05, 3.63) is 48.0 Å². The number of carbonyl (C=O) groups excluding carboxylic acids is 3. The number of nitrogens with one attached hydrogen (secondary N) is 1. The van der Waals surface area contributed by atoms with Gasteiger partial charge in [0, 0.05) is 31.7 Å². The fourth-order valence-electron chi connectivity index (χ4n) is 4.94. The van der Waals surface area contributed by atoms with Gasteiger partial charge < -0.3 is 25.0 Å². The highest BCUT2D eigenvalue weighted by Crippen LogP contribution is 2.39. The van der Waals surface area contributed by atoms with Crippen LogP contribution in [-0.2, 0) is 25.5 Å². The quantitative estimate of drug-likeness (QED) is 0.0674. The number of allylic oxidation sites excluding steroid dienone is 2. The van der Waals surface area contributed by atoms with Gasteiger partial charge >= 0.3 is 6.16 Å². The highest BCUT2D eigenvalue weighted by atomic mass is 127. The van der Waals surface area contributed by atoms with Crippen molar-refractivity contribution in [1.29, 1.82) is 0 Å². The number of Topliss-reactive ketones (excluding diaryl/α,β-unsaturated/α-hetero) is 1. The lowest BCUT2D eigenvalue weighted by Crippen LogP contribution is -2.34. The molecule has 0 spiro atoms. The fourth-order valence-corrected chi connectivity index (χ4v) is 5.48. The molecule has 1 aliphatic carbocycles. The fraction of sp³-hybridized carbons (Fsp3) is 0.633. The predicted molar refractivity (Wildman–Crippen MR) is 159 cm³/mol. The van der Waals surface area contributed by atoms with Crippen LogP contribution < -0.4 is 5.32 Å². The first-order valence-corrected chi connectivity index (χ1v) is 15.6. The van der Waals surface area contributed by atoms with E-state index in [4.69, 9.17) is 9.47 Å². The summed E-state index contributed by atoms with van der Waals surface area (Å²) in [7, 11) is 0. The van der Waals surface area contributed by atoms with Gasteiger partial charge in [0.2, 0.25) is 5.91 Å². The van der Waals surface area contributed by atoms with Gasteiger partial charge in [-0.2, -0.15) is 0 Å². The van der Waals surface area contributed by atoms with Crippen LogP contribution >= 0.6 is 22.6 Å². The first-order chi connectivity index (χ1) is 18.8. The highest BCUT2D eigenvalue weighted by molar-refractivity contribution is 14.1. The molecule has 0 saturated heterocycles. The molecule has 8 nitrogen and oxygen atoms in total. The molecule has 39 heavy (non-hydrogen) atoms. The minimum atomic E-state index is -0.832. The molecule has 0 aromatic heterocycles. The summed E-state index contributed by atoms with van der Waals surface area (Å²) in [5, 5.41) is 24.2. The molecule has 1 aromatic carbocycles. The van der Waals surface area contributed by atoms with Crippen molar-refractivity contribution < 1.29 is 34.1 Å². The van der Waals surface area contributed by atoms with Crippen LogP contribution in [0.25, 0.3) is 0 Å². The Morgan fingerprint density at radius 1 is 1.15 bits per heavy atom. The third kappa shape index (κ3) is 12.8. The average molecular weight is 658 g/mol. The number of aliphatic hydroxyl groups is 2. The largest absolute Gasteiger partial charge is 0.508 e. The van der Waals surface area contributed by atoms with Gasteiger partial charge in [-0.3, -0.25) is 9.59 Å². The summed E-state index contributed by atoms with van der Waals surface area (Å²) >= 11 is 2.26. The lowest BCUT2D eigenvalue weighted by atomic mass is 9.84. The second-order valence-corrected chi connectivity index (χ2v) is 11.1. The van der Waals surface area contributed by atoms with Gasteiger partial charge in [-0.05, 0) is 61.9 Å². The molecule has 0 heterocycles. The summed E-state index contributed by atoms with van der Waals surface area (Å²) < 4.78 is 11.7. The Labute approximate surface area is 246 Å². The number of carbonyl (C=O) groups is 3. The van der Waals surface area contributed by atoms with Gasteiger partial charge in [-0.25, -0.2) is 4.79 Å². The van der Waals surface area contributed by atoms with Crippen LogP contribution in [0.15, 0.2) is 42.5 Å². The van der Waals surface area contributed by atoms with Crippen molar-refractivity contribution in [2.24, 2.45) is 11.8 Å². The highest BCUT2D eigenvalue weighted by Gasteiger charge is 2.48. The van der Waals surface area contributed by atoms with E-state index in [-0.39, 0.29) is 31.1 Å². The van der Waals surface area contributed by atoms with Gasteiger partial charge in [-0.15, -0.1) is 0 Å². The first-order valence-electron chi connectivity index (χ1n) is 14.1. The smallest absolute Gasteiger partial charge is 0.434 e. The van der Waals surface area contributed by atoms with Crippen LogP contribution in [0.3, 0.4) is 0 Å². The molecule has 218 valence electrons. The molecule has 1 fully saturated rings. The van der Waals surface area contributed by atoms with Gasteiger partial charge in [0.15, 0.2) is 0 Å². The predicted octanol–water partition coefficient (Wildman–Crippen LogP) is 4.93. The van der Waals surface area contributed by atoms with Crippen molar-refractivity contribution >= 4 is 40.4 Å². The van der Waals surface area contributed by atoms with Crippen molar-refractivity contribution in [2.45, 2.75) is 89.4 Å². The topological polar surface area (TPSA) is 122 Å². The Hall–Kier alpha value is -1.98. The van der Waals surface area contributed by atoms with Crippen molar-refractivity contribution in [1.82, 2.24) is 5.32 Å². The van der Waals surface area contributed by atoms with Crippen LogP contribution in [0.5, 0.6) is 0 Å². The molecule has 1 amide bonds. The molecule has 0 unspecified atom stereocenters. The molecule has 3 N–H and O–H groups in total. The Bertz CT molecular complexity index is 895. The van der Waals surface area contributed by atoms with E-state index < -0.39 is 36.3 Å². The number of hydrogen-bond donors (Lipinski definition) is 3. The number of aliphatic hydroxyl groups excluding tert-OH is 2. The van der Waals surface area contributed by atoms with Crippen molar-refractivity contribution in [3.8, 4) is 0 Å². The molecule has 0 bridgehead atoms. The minimum absolute atomic E-state index is 0.0229. The number of hydrogen-bond acceptors (Lipinski definition) is 7. The zero-order chi connectivity index (χ0) is 28.5. The second-order valence-electron chi connectivity index (χ2n) is 10.0. The third-order valence-corrected chi connectivity index (χ3v) is 7.73. The molecule has 1 saturated carbocycles. The molecule has 9 heteroatoms. The molecule has 1 aromatic rings. The number of halogens is 1. The van der Waals surface area contributed by atoms with Gasteiger partial charge in [0.25, 0.3) is 0 Å². The van der Waals surface area contributed by atoms with E-state index in [2.05, 4.69) is 27.9 Å². The molecular formula is C30H44INO7. The number of amides is 1. The molecule has 2 rings (SSSR count). The van der Waals surface area contributed by atoms with Crippen LogP contribution in [0.1, 0.15) is 70.3 Å². The lowest BCUT2D eigenvalue weighted by molar-refractivity contribution is -0.130. The zero-order valence-electron chi connectivity index (χ0n) is 22.9. The van der Waals surface area contributed by atoms with Crippen LogP contribution in [0.2, 0.25) is 0 Å². The number of ketones is 1. The summed E-state index contributed by atoms with van der Waals surface area (Å²) in [6.45, 7) is 2.74. The normalized spacial score (nSPS) is 21.5. The van der Waals surface area contributed by atoms with E-state index in [9.17, 15) is 24.6 Å². The Morgan fingerprint density at radius 2 is 1.92 bits per heavy atom. The SMILES string of the molecule is CCNC(=O)CCC/C=C\C[C@@H]1[C@@H](C(=O)C[C@@H](O)CCc2ccccc2)[C@H](OC(=O)OCCCCI)C[C@H]1O. The maximum Gasteiger partial charge on any atom is 0.508 e. The van der Waals surface area contributed by atoms with E-state index in [1.54, 1.807) is 0 Å². The number of ether oxygens (including phenoxy) is 2. The molecule has 0 aliphatic heterocycles. The Balaban J connectivity index is 1.98. The summed E-state index contributed by atoms with van der Waals surface area (Å²) in [4.78, 5) is 37.3. The van der Waals surface area contributed by atoms with E-state index in [1.165, 1.54) is 0 Å². The van der Waals surface area contributed by atoms with E-state index in [0.717, 1.165) is 22.8 Å². The average Bonchev–Trinajstić information content (AvgIpc) is 3.22. The minimum Gasteiger partial charge on any atom is -0.434 e. The van der Waals surface area contributed by atoms with Crippen LogP contribution in [0.4, 0.5) is 4.79 Å². The number of unbranched alkanes of at least 4 members (excludes halogenated alkanes) is 2. The monoisotopic (exact) mass is 657 g/mol. The standard InChI is InChI=1S/C30H44INO7/c1-2-32-28(36)15-9-4-3-8-14-24-25(34)21-27(39-30(37)38-19-11-10-18-31)29(24)26(35)20-23(33)17-16-22-12-6-5-7-13-22/h3,5-8,12-13,23-25,27,29,33-34H,2,4,9-11,14-21H2,1H3,(H,32,36)/b8-3-/t23-,24-,25+,27+,29-/m0/s1. The maximum atomic E-state index is 13.4. The van der Waals surface area contributed by atoms with E-state index in [0.29, 0.717) is 45.1 Å². The van der Waals surface area contributed by atoms with E-state index >= 15 is 0 Å². The van der Waals surface area contributed by atoms with Gasteiger partial charge in [-0.1, -0.05) is 65.1 Å². The second kappa shape index (κ2) is 19.2. The summed E-state index contributed by atoms with van der Waals surface area (Å²) in [6, 6.07) is 9.77. The van der Waals surface area contributed by atoms with Crippen LogP contribution in [-0.4, -0.2) is 63.9 Å². The Morgan fingerprint density at radius 3 is 2.64 bits per heavy atom. The number of aryl methyl sites for hydroxylation is 1. The first kappa shape index (κ1) is 33.2. The summed E-state index contributed by atoms with van der Waals surface area (Å²) in [5.41, 5.74) is 1.09. The van der Waals surface area contributed by atoms with Crippen LogP contribution in [0, 0.1) is 11.8 Å². The van der Waals surface area contributed by atoms with Gasteiger partial charge in [0.1, 0.15) is 11.9 Å². The number of rotatable bonds is 18. The maximum absolute atomic E-state index is 13.4. The summed E-state index contributed by atoms with van der Waals surface area (Å²) in [6.07, 6.45) is 5.71. The summed E-state index contributed by atoms with van der Waals surface area (Å²) in [5.74, 6) is -1.36. The van der Waals surface area contributed by atoms with Crippen molar-refractivity contribution in [3.63, 3.8) is 0 Å². The van der Waals surface area contributed by atoms with E-state index in [1.807, 2.05) is 49.4 Å². The van der Waals surface area contributed by atoms with Gasteiger partial charge in [0.05, 0.1) is 24.7 Å². The van der Waals surface area contributed by atoms with Crippen molar-refractivity contribution in [2.75, 3.05) is 17.6 Å². The number of alkyl halides is 1. The molecule has 1 aliphatic rings. The Kier molecular flexibility index (Phi) is 16.3. The number of benzene rings is 1. The molecular weight excluding hydrogens is 613 g/mol. The lowest BCUT2D eigenvalue weighted by Gasteiger charge is -2.24. The molecule has 5 atom stereocenters. The zero-order valence-corrected chi connectivity index (χ0v) is 25.1. The third-order valence-electron chi connectivity index (χ3n) is 6.97.